The van der Waals surface area contributed by atoms with Gasteiger partial charge in [-0.25, -0.2) is 0 Å². The molecule has 2 N–H and O–H groups in total. The van der Waals surface area contributed by atoms with E-state index in [1.165, 1.54) is 11.3 Å². The first-order valence-electron chi connectivity index (χ1n) is 6.27. The van der Waals surface area contributed by atoms with Crippen LogP contribution in [0.3, 0.4) is 0 Å². The number of amides is 2. The summed E-state index contributed by atoms with van der Waals surface area (Å²) in [6.07, 6.45) is -0.177. The smallest absolute Gasteiger partial charge is 0.265 e. The average Bonchev–Trinajstić information content (AvgIpc) is 3.01. The van der Waals surface area contributed by atoms with Gasteiger partial charge in [-0.2, -0.15) is 5.26 Å². The molecule has 0 saturated heterocycles. The molecule has 21 heavy (non-hydrogen) atoms. The molecule has 0 saturated carbocycles. The Hall–Kier alpha value is -2.65. The summed E-state index contributed by atoms with van der Waals surface area (Å²) in [5.74, 6) is -0.516. The number of para-hydroxylation sites is 1. The molecule has 5 nitrogen and oxygen atoms in total. The minimum absolute atomic E-state index is 0.177. The number of thiophene rings is 1. The van der Waals surface area contributed by atoms with Gasteiger partial charge in [-0.05, 0) is 23.1 Å². The number of nitrogens with zero attached hydrogens (tertiary/aromatic N) is 1. The lowest BCUT2D eigenvalue weighted by Crippen LogP contribution is -2.23. The highest BCUT2D eigenvalue weighted by molar-refractivity contribution is 7.12. The van der Waals surface area contributed by atoms with Crippen molar-refractivity contribution < 1.29 is 9.59 Å². The lowest BCUT2D eigenvalue weighted by molar-refractivity contribution is -0.120. The second kappa shape index (κ2) is 7.22. The third-order valence-electron chi connectivity index (χ3n) is 2.73. The van der Waals surface area contributed by atoms with Crippen LogP contribution in [0.1, 0.15) is 21.7 Å². The highest BCUT2D eigenvalue weighted by Gasteiger charge is 2.10. The van der Waals surface area contributed by atoms with Gasteiger partial charge in [0.25, 0.3) is 5.91 Å². The van der Waals surface area contributed by atoms with Gasteiger partial charge < -0.3 is 10.6 Å². The quantitative estimate of drug-likeness (QED) is 0.890. The van der Waals surface area contributed by atoms with Crippen LogP contribution in [-0.2, 0) is 11.3 Å². The summed E-state index contributed by atoms with van der Waals surface area (Å²) in [6.45, 7) is 0.265. The number of nitrogens with one attached hydrogen (secondary N) is 2. The van der Waals surface area contributed by atoms with Gasteiger partial charge in [0, 0.05) is 12.2 Å². The van der Waals surface area contributed by atoms with Gasteiger partial charge in [-0.1, -0.05) is 24.3 Å². The zero-order valence-electron chi connectivity index (χ0n) is 11.1. The molecular weight excluding hydrogens is 286 g/mol. The van der Waals surface area contributed by atoms with Gasteiger partial charge in [0.2, 0.25) is 5.91 Å². The Balaban J connectivity index is 2.05. The fraction of sp³-hybridized carbons (Fsp3) is 0.133. The summed E-state index contributed by atoms with van der Waals surface area (Å²) in [5, 5.41) is 15.7. The Kier molecular flexibility index (Phi) is 5.07. The Bertz CT molecular complexity index is 674. The van der Waals surface area contributed by atoms with Crippen LogP contribution in [0.5, 0.6) is 0 Å². The standard InChI is InChI=1S/C15H13N3O2S/c16-8-7-14(19)17-10-11-4-1-2-5-12(11)18-15(20)13-6-3-9-21-13/h1-6,9H,7,10H2,(H,17,19)(H,18,20). The Morgan fingerprint density at radius 1 is 1.19 bits per heavy atom. The van der Waals surface area contributed by atoms with E-state index >= 15 is 0 Å². The minimum atomic E-state index is -0.336. The molecule has 0 fully saturated rings. The Morgan fingerprint density at radius 3 is 2.71 bits per heavy atom. The second-order valence-corrected chi connectivity index (χ2v) is 5.15. The largest absolute Gasteiger partial charge is 0.351 e. The number of carbonyl (C=O) groups is 2. The van der Waals surface area contributed by atoms with Crippen molar-refractivity contribution in [2.45, 2.75) is 13.0 Å². The van der Waals surface area contributed by atoms with Crippen molar-refractivity contribution in [3.63, 3.8) is 0 Å². The monoisotopic (exact) mass is 299 g/mol. The van der Waals surface area contributed by atoms with Crippen LogP contribution in [0.15, 0.2) is 41.8 Å². The van der Waals surface area contributed by atoms with Crippen molar-refractivity contribution in [2.24, 2.45) is 0 Å². The van der Waals surface area contributed by atoms with E-state index in [0.29, 0.717) is 10.6 Å². The first kappa shape index (κ1) is 14.8. The highest BCUT2D eigenvalue weighted by atomic mass is 32.1. The van der Waals surface area contributed by atoms with E-state index in [9.17, 15) is 9.59 Å². The van der Waals surface area contributed by atoms with E-state index in [0.717, 1.165) is 5.56 Å². The maximum atomic E-state index is 12.0. The van der Waals surface area contributed by atoms with Crippen LogP contribution in [-0.4, -0.2) is 11.8 Å². The first-order valence-corrected chi connectivity index (χ1v) is 7.15. The number of rotatable bonds is 5. The normalized spacial score (nSPS) is 9.67. The maximum absolute atomic E-state index is 12.0. The van der Waals surface area contributed by atoms with Crippen molar-refractivity contribution in [2.75, 3.05) is 5.32 Å². The summed E-state index contributed by atoms with van der Waals surface area (Å²) in [5.41, 5.74) is 1.43. The Morgan fingerprint density at radius 2 is 2.00 bits per heavy atom. The molecule has 0 aliphatic carbocycles. The van der Waals surface area contributed by atoms with Crippen LogP contribution >= 0.6 is 11.3 Å². The topological polar surface area (TPSA) is 82.0 Å². The molecule has 1 heterocycles. The van der Waals surface area contributed by atoms with Gasteiger partial charge in [0.05, 0.1) is 10.9 Å². The highest BCUT2D eigenvalue weighted by Crippen LogP contribution is 2.17. The van der Waals surface area contributed by atoms with E-state index in [2.05, 4.69) is 10.6 Å². The van der Waals surface area contributed by atoms with Crippen molar-refractivity contribution in [1.29, 1.82) is 5.26 Å². The first-order chi connectivity index (χ1) is 10.2. The number of nitriles is 1. The predicted octanol–water partition coefficient (Wildman–Crippen LogP) is 2.53. The van der Waals surface area contributed by atoms with E-state index in [4.69, 9.17) is 5.26 Å². The van der Waals surface area contributed by atoms with Gasteiger partial charge in [0.1, 0.15) is 6.42 Å². The Labute approximate surface area is 126 Å². The SMILES string of the molecule is N#CCC(=O)NCc1ccccc1NC(=O)c1cccs1. The molecular formula is C15H13N3O2S. The second-order valence-electron chi connectivity index (χ2n) is 4.20. The molecule has 2 aromatic rings. The molecule has 0 atom stereocenters. The third-order valence-corrected chi connectivity index (χ3v) is 3.59. The van der Waals surface area contributed by atoms with Crippen LogP contribution in [0.2, 0.25) is 0 Å². The number of hydrogen-bond acceptors (Lipinski definition) is 4. The van der Waals surface area contributed by atoms with Crippen molar-refractivity contribution in [3.05, 3.63) is 52.2 Å². The maximum Gasteiger partial charge on any atom is 0.265 e. The van der Waals surface area contributed by atoms with E-state index < -0.39 is 0 Å². The molecule has 0 radical (unpaired) electrons. The van der Waals surface area contributed by atoms with Crippen LogP contribution in [0, 0.1) is 11.3 Å². The number of carbonyl (C=O) groups excluding carboxylic acids is 2. The molecule has 6 heteroatoms. The van der Waals surface area contributed by atoms with Crippen molar-refractivity contribution in [1.82, 2.24) is 5.32 Å². The van der Waals surface area contributed by atoms with Gasteiger partial charge >= 0.3 is 0 Å². The lowest BCUT2D eigenvalue weighted by atomic mass is 10.1. The van der Waals surface area contributed by atoms with Crippen LogP contribution < -0.4 is 10.6 Å². The minimum Gasteiger partial charge on any atom is -0.351 e. The number of anilines is 1. The fourth-order valence-electron chi connectivity index (χ4n) is 1.72. The molecule has 0 bridgehead atoms. The summed E-state index contributed by atoms with van der Waals surface area (Å²) in [4.78, 5) is 24.0. The molecule has 106 valence electrons. The fourth-order valence-corrected chi connectivity index (χ4v) is 2.34. The lowest BCUT2D eigenvalue weighted by Gasteiger charge is -2.11. The molecule has 1 aromatic heterocycles. The molecule has 1 aromatic carbocycles. The summed E-state index contributed by atoms with van der Waals surface area (Å²) in [7, 11) is 0. The molecule has 0 spiro atoms. The van der Waals surface area contributed by atoms with Crippen molar-refractivity contribution >= 4 is 28.8 Å². The molecule has 0 unspecified atom stereocenters. The van der Waals surface area contributed by atoms with E-state index in [1.807, 2.05) is 29.6 Å². The zero-order chi connectivity index (χ0) is 15.1. The molecule has 0 aliphatic rings. The summed E-state index contributed by atoms with van der Waals surface area (Å²) >= 11 is 1.36. The van der Waals surface area contributed by atoms with Crippen LogP contribution in [0.4, 0.5) is 5.69 Å². The summed E-state index contributed by atoms with van der Waals surface area (Å²) < 4.78 is 0. The number of benzene rings is 1. The average molecular weight is 299 g/mol. The number of hydrogen-bond donors (Lipinski definition) is 2. The van der Waals surface area contributed by atoms with Gasteiger partial charge in [-0.15, -0.1) is 11.3 Å². The zero-order valence-corrected chi connectivity index (χ0v) is 11.9. The molecule has 2 amide bonds. The molecule has 0 aliphatic heterocycles. The third kappa shape index (κ3) is 4.16. The molecule has 2 rings (SSSR count). The van der Waals surface area contributed by atoms with Gasteiger partial charge in [0.15, 0.2) is 0 Å². The van der Waals surface area contributed by atoms with Gasteiger partial charge in [-0.3, -0.25) is 9.59 Å². The van der Waals surface area contributed by atoms with E-state index in [1.54, 1.807) is 18.2 Å². The van der Waals surface area contributed by atoms with Crippen molar-refractivity contribution in [3.8, 4) is 6.07 Å². The summed E-state index contributed by atoms with van der Waals surface area (Å²) in [6, 6.07) is 12.6. The predicted molar refractivity (Wildman–Crippen MR) is 80.8 cm³/mol. The van der Waals surface area contributed by atoms with Crippen LogP contribution in [0.25, 0.3) is 0 Å². The van der Waals surface area contributed by atoms with E-state index in [-0.39, 0.29) is 24.8 Å².